The van der Waals surface area contributed by atoms with Crippen molar-refractivity contribution >= 4 is 11.9 Å². The molecule has 0 heterocycles. The first-order valence-corrected chi connectivity index (χ1v) is 6.54. The van der Waals surface area contributed by atoms with Gasteiger partial charge >= 0.3 is 5.97 Å². The van der Waals surface area contributed by atoms with Crippen LogP contribution in [-0.4, -0.2) is 24.1 Å². The molecular formula is C15H21NO4. The summed E-state index contributed by atoms with van der Waals surface area (Å²) in [6, 6.07) is 5.57. The molecule has 110 valence electrons. The fraction of sp³-hybridized carbons (Fsp3) is 0.467. The molecule has 2 unspecified atom stereocenters. The highest BCUT2D eigenvalue weighted by Gasteiger charge is 2.25. The van der Waals surface area contributed by atoms with Crippen LogP contribution >= 0.6 is 0 Å². The Labute approximate surface area is 118 Å². The Bertz CT molecular complexity index is 467. The number of hydrogen-bond acceptors (Lipinski definition) is 3. The van der Waals surface area contributed by atoms with Crippen molar-refractivity contribution in [1.82, 2.24) is 5.32 Å². The molecule has 0 bridgehead atoms. The number of amides is 1. The molecule has 0 aliphatic heterocycles. The second-order valence-electron chi connectivity index (χ2n) is 5.09. The van der Waals surface area contributed by atoms with Gasteiger partial charge in [0.2, 0.25) is 5.91 Å². The molecule has 1 amide bonds. The lowest BCUT2D eigenvalue weighted by atomic mass is 9.96. The van der Waals surface area contributed by atoms with Gasteiger partial charge in [0.25, 0.3) is 0 Å². The van der Waals surface area contributed by atoms with Crippen molar-refractivity contribution in [1.29, 1.82) is 0 Å². The SMILES string of the molecule is COc1ccc(C(NC(=O)C(C)C(C)C)C(=O)O)cc1. The van der Waals surface area contributed by atoms with E-state index in [1.165, 1.54) is 7.11 Å². The minimum atomic E-state index is -1.08. The van der Waals surface area contributed by atoms with E-state index in [0.29, 0.717) is 11.3 Å². The maximum Gasteiger partial charge on any atom is 0.330 e. The highest BCUT2D eigenvalue weighted by atomic mass is 16.5. The largest absolute Gasteiger partial charge is 0.497 e. The molecule has 0 fully saturated rings. The van der Waals surface area contributed by atoms with Gasteiger partial charge in [-0.05, 0) is 23.6 Å². The minimum Gasteiger partial charge on any atom is -0.497 e. The van der Waals surface area contributed by atoms with Crippen LogP contribution in [0.25, 0.3) is 0 Å². The number of aliphatic carboxylic acids is 1. The van der Waals surface area contributed by atoms with E-state index >= 15 is 0 Å². The summed E-state index contributed by atoms with van der Waals surface area (Å²) in [5.41, 5.74) is 0.516. The van der Waals surface area contributed by atoms with Crippen LogP contribution in [0.15, 0.2) is 24.3 Å². The zero-order valence-corrected chi connectivity index (χ0v) is 12.2. The van der Waals surface area contributed by atoms with Crippen LogP contribution in [0.1, 0.15) is 32.4 Å². The van der Waals surface area contributed by atoms with E-state index in [0.717, 1.165) is 0 Å². The molecule has 2 N–H and O–H groups in total. The van der Waals surface area contributed by atoms with Crippen LogP contribution in [0.4, 0.5) is 0 Å². The second kappa shape index (κ2) is 6.93. The van der Waals surface area contributed by atoms with Crippen LogP contribution in [0.2, 0.25) is 0 Å². The van der Waals surface area contributed by atoms with Crippen LogP contribution in [0, 0.1) is 11.8 Å². The van der Waals surface area contributed by atoms with E-state index in [1.54, 1.807) is 31.2 Å². The van der Waals surface area contributed by atoms with Gasteiger partial charge in [0.15, 0.2) is 6.04 Å². The number of methoxy groups -OCH3 is 1. The summed E-state index contributed by atoms with van der Waals surface area (Å²) in [6.07, 6.45) is 0. The Kier molecular flexibility index (Phi) is 5.55. The zero-order chi connectivity index (χ0) is 15.3. The van der Waals surface area contributed by atoms with E-state index in [1.807, 2.05) is 13.8 Å². The highest BCUT2D eigenvalue weighted by molar-refractivity contribution is 5.85. The van der Waals surface area contributed by atoms with Crippen molar-refractivity contribution in [2.24, 2.45) is 11.8 Å². The Morgan fingerprint density at radius 1 is 1.15 bits per heavy atom. The summed E-state index contributed by atoms with van der Waals surface area (Å²) in [7, 11) is 1.54. The molecule has 2 atom stereocenters. The van der Waals surface area contributed by atoms with Gasteiger partial charge in [0, 0.05) is 5.92 Å². The van der Waals surface area contributed by atoms with Gasteiger partial charge in [-0.1, -0.05) is 32.9 Å². The number of rotatable bonds is 6. The van der Waals surface area contributed by atoms with Crippen molar-refractivity contribution in [3.63, 3.8) is 0 Å². The predicted molar refractivity (Wildman–Crippen MR) is 75.5 cm³/mol. The average molecular weight is 279 g/mol. The topological polar surface area (TPSA) is 75.6 Å². The fourth-order valence-electron chi connectivity index (χ4n) is 1.66. The molecule has 20 heavy (non-hydrogen) atoms. The Balaban J connectivity index is 2.89. The lowest BCUT2D eigenvalue weighted by Crippen LogP contribution is -2.38. The Morgan fingerprint density at radius 2 is 1.70 bits per heavy atom. The molecule has 0 aliphatic rings. The summed E-state index contributed by atoms with van der Waals surface area (Å²) >= 11 is 0. The monoisotopic (exact) mass is 279 g/mol. The lowest BCUT2D eigenvalue weighted by molar-refractivity contribution is -0.142. The van der Waals surface area contributed by atoms with Crippen molar-refractivity contribution in [2.75, 3.05) is 7.11 Å². The van der Waals surface area contributed by atoms with E-state index in [9.17, 15) is 14.7 Å². The highest BCUT2D eigenvalue weighted by Crippen LogP contribution is 2.19. The van der Waals surface area contributed by atoms with Crippen LogP contribution < -0.4 is 10.1 Å². The van der Waals surface area contributed by atoms with Gasteiger partial charge in [-0.3, -0.25) is 4.79 Å². The molecule has 1 aromatic carbocycles. The number of carbonyl (C=O) groups excluding carboxylic acids is 1. The van der Waals surface area contributed by atoms with Crippen LogP contribution in [-0.2, 0) is 9.59 Å². The third-order valence-electron chi connectivity index (χ3n) is 3.40. The zero-order valence-electron chi connectivity index (χ0n) is 12.2. The van der Waals surface area contributed by atoms with E-state index in [4.69, 9.17) is 4.74 Å². The Hall–Kier alpha value is -2.04. The van der Waals surface area contributed by atoms with Gasteiger partial charge in [-0.15, -0.1) is 0 Å². The number of benzene rings is 1. The van der Waals surface area contributed by atoms with Gasteiger partial charge in [0.05, 0.1) is 7.11 Å². The first-order chi connectivity index (χ1) is 9.36. The molecule has 1 rings (SSSR count). The van der Waals surface area contributed by atoms with E-state index < -0.39 is 12.0 Å². The summed E-state index contributed by atoms with van der Waals surface area (Å²) in [6.45, 7) is 5.63. The van der Waals surface area contributed by atoms with Crippen molar-refractivity contribution in [2.45, 2.75) is 26.8 Å². The smallest absolute Gasteiger partial charge is 0.330 e. The normalized spacial score (nSPS) is 13.7. The molecular weight excluding hydrogens is 258 g/mol. The molecule has 0 radical (unpaired) electrons. The minimum absolute atomic E-state index is 0.153. The summed E-state index contributed by atoms with van der Waals surface area (Å²) < 4.78 is 5.03. The molecule has 0 aromatic heterocycles. The van der Waals surface area contributed by atoms with Gasteiger partial charge in [0.1, 0.15) is 5.75 Å². The lowest BCUT2D eigenvalue weighted by Gasteiger charge is -2.20. The van der Waals surface area contributed by atoms with Crippen LogP contribution in [0.5, 0.6) is 5.75 Å². The molecule has 1 aromatic rings. The Morgan fingerprint density at radius 3 is 2.10 bits per heavy atom. The molecule has 0 saturated carbocycles. The third-order valence-corrected chi connectivity index (χ3v) is 3.40. The van der Waals surface area contributed by atoms with Crippen molar-refractivity contribution in [3.8, 4) is 5.75 Å². The molecule has 0 aliphatic carbocycles. The molecule has 5 nitrogen and oxygen atoms in total. The number of carboxylic acids is 1. The maximum atomic E-state index is 12.0. The number of ether oxygens (including phenoxy) is 1. The van der Waals surface area contributed by atoms with Crippen molar-refractivity contribution in [3.05, 3.63) is 29.8 Å². The first kappa shape index (κ1) is 16.0. The summed E-state index contributed by atoms with van der Waals surface area (Å²) in [4.78, 5) is 23.3. The standard InChI is InChI=1S/C15H21NO4/c1-9(2)10(3)14(17)16-13(15(18)19)11-5-7-12(20-4)8-6-11/h5-10,13H,1-4H3,(H,16,17)(H,18,19). The quantitative estimate of drug-likeness (QED) is 0.837. The van der Waals surface area contributed by atoms with Gasteiger partial charge in [-0.25, -0.2) is 4.79 Å². The molecule has 5 heteroatoms. The van der Waals surface area contributed by atoms with Gasteiger partial charge in [-0.2, -0.15) is 0 Å². The molecule has 0 saturated heterocycles. The predicted octanol–water partition coefficient (Wildman–Crippen LogP) is 2.23. The third kappa shape index (κ3) is 3.98. The average Bonchev–Trinajstić information content (AvgIpc) is 2.43. The molecule has 0 spiro atoms. The number of hydrogen-bond donors (Lipinski definition) is 2. The van der Waals surface area contributed by atoms with E-state index in [-0.39, 0.29) is 17.7 Å². The number of carbonyl (C=O) groups is 2. The summed E-state index contributed by atoms with van der Waals surface area (Å²) in [5.74, 6) is -0.794. The fourth-order valence-corrected chi connectivity index (χ4v) is 1.66. The first-order valence-electron chi connectivity index (χ1n) is 6.54. The van der Waals surface area contributed by atoms with Crippen LogP contribution in [0.3, 0.4) is 0 Å². The maximum absolute atomic E-state index is 12.0. The number of carboxylic acid groups (broad SMARTS) is 1. The second-order valence-corrected chi connectivity index (χ2v) is 5.09. The van der Waals surface area contributed by atoms with Crippen molar-refractivity contribution < 1.29 is 19.4 Å². The van der Waals surface area contributed by atoms with E-state index in [2.05, 4.69) is 5.32 Å². The summed E-state index contributed by atoms with van der Waals surface area (Å²) in [5, 5.41) is 11.8. The van der Waals surface area contributed by atoms with Gasteiger partial charge < -0.3 is 15.2 Å². The number of nitrogens with one attached hydrogen (secondary N) is 1.